The van der Waals surface area contributed by atoms with Gasteiger partial charge in [-0.1, -0.05) is 44.2 Å². The molecule has 0 aliphatic carbocycles. The van der Waals surface area contributed by atoms with Crippen molar-refractivity contribution in [3.8, 4) is 0 Å². The molecule has 0 atom stereocenters. The van der Waals surface area contributed by atoms with Crippen LogP contribution in [0.3, 0.4) is 0 Å². The van der Waals surface area contributed by atoms with Gasteiger partial charge in [0.05, 0.1) is 10.2 Å². The van der Waals surface area contributed by atoms with E-state index in [9.17, 15) is 9.59 Å². The second-order valence-electron chi connectivity index (χ2n) is 7.29. The Hall–Kier alpha value is -1.95. The van der Waals surface area contributed by atoms with E-state index in [1.807, 2.05) is 49.9 Å². The van der Waals surface area contributed by atoms with Gasteiger partial charge in [-0.3, -0.25) is 9.59 Å². The lowest BCUT2D eigenvalue weighted by Gasteiger charge is -2.35. The van der Waals surface area contributed by atoms with Gasteiger partial charge in [-0.15, -0.1) is 0 Å². The zero-order valence-corrected chi connectivity index (χ0v) is 15.2. The number of carbonyl (C=O) groups excluding carboxylic acids is 2. The van der Waals surface area contributed by atoms with Crippen molar-refractivity contribution in [2.45, 2.75) is 33.6 Å². The Labute approximate surface area is 146 Å². The van der Waals surface area contributed by atoms with Gasteiger partial charge in [-0.2, -0.15) is 0 Å². The molecule has 1 saturated heterocycles. The molecule has 0 radical (unpaired) electrons. The predicted octanol–water partition coefficient (Wildman–Crippen LogP) is 3.52. The molecule has 1 N–H and O–H groups in total. The molecule has 2 heterocycles. The minimum Gasteiger partial charge on any atom is -0.342 e. The van der Waals surface area contributed by atoms with Crippen molar-refractivity contribution in [1.29, 1.82) is 0 Å². The Balaban J connectivity index is 1.58. The summed E-state index contributed by atoms with van der Waals surface area (Å²) < 4.78 is 1.07. The van der Waals surface area contributed by atoms with E-state index in [0.717, 1.165) is 10.2 Å². The highest BCUT2D eigenvalue weighted by molar-refractivity contribution is 7.22. The van der Waals surface area contributed by atoms with Crippen LogP contribution in [0.2, 0.25) is 0 Å². The van der Waals surface area contributed by atoms with E-state index in [4.69, 9.17) is 0 Å². The molecule has 1 aliphatic heterocycles. The third kappa shape index (κ3) is 3.59. The van der Waals surface area contributed by atoms with E-state index in [1.54, 1.807) is 0 Å². The maximum absolute atomic E-state index is 12.5. The number of hydrogen-bond acceptors (Lipinski definition) is 4. The smallest absolute Gasteiger partial charge is 0.229 e. The van der Waals surface area contributed by atoms with E-state index >= 15 is 0 Å². The number of aromatic nitrogens is 1. The largest absolute Gasteiger partial charge is 0.342 e. The van der Waals surface area contributed by atoms with Gasteiger partial charge in [0, 0.05) is 24.4 Å². The number of para-hydroxylation sites is 1. The lowest BCUT2D eigenvalue weighted by Crippen LogP contribution is -2.45. The van der Waals surface area contributed by atoms with E-state index in [1.165, 1.54) is 11.3 Å². The van der Waals surface area contributed by atoms with Crippen molar-refractivity contribution in [3.05, 3.63) is 24.3 Å². The molecule has 3 rings (SSSR count). The van der Waals surface area contributed by atoms with Crippen LogP contribution in [0.25, 0.3) is 10.2 Å². The van der Waals surface area contributed by atoms with Crippen LogP contribution in [0.5, 0.6) is 0 Å². The monoisotopic (exact) mass is 345 g/mol. The maximum Gasteiger partial charge on any atom is 0.229 e. The number of benzene rings is 1. The molecule has 0 saturated carbocycles. The number of nitrogens with one attached hydrogen (secondary N) is 1. The summed E-state index contributed by atoms with van der Waals surface area (Å²) in [6, 6.07) is 7.85. The van der Waals surface area contributed by atoms with Crippen LogP contribution in [-0.4, -0.2) is 34.8 Å². The number of fused-ring (bicyclic) bond motifs is 1. The van der Waals surface area contributed by atoms with Gasteiger partial charge in [-0.05, 0) is 25.0 Å². The zero-order chi connectivity index (χ0) is 17.3. The third-order valence-corrected chi connectivity index (χ3v) is 5.27. The number of carbonyl (C=O) groups is 2. The molecule has 5 nitrogen and oxygen atoms in total. The van der Waals surface area contributed by atoms with E-state index in [2.05, 4.69) is 10.3 Å². The molecular weight excluding hydrogens is 322 g/mol. The molecular formula is C18H23N3O2S. The van der Waals surface area contributed by atoms with Gasteiger partial charge in [0.15, 0.2) is 5.13 Å². The average Bonchev–Trinajstić information content (AvgIpc) is 2.95. The Bertz CT molecular complexity index is 722. The van der Waals surface area contributed by atoms with Gasteiger partial charge < -0.3 is 10.2 Å². The summed E-state index contributed by atoms with van der Waals surface area (Å²) in [4.78, 5) is 31.1. The number of rotatable bonds is 2. The molecule has 2 aromatic rings. The lowest BCUT2D eigenvalue weighted by atomic mass is 9.91. The summed E-state index contributed by atoms with van der Waals surface area (Å²) in [6.07, 6.45) is 1.41. The SMILES string of the molecule is CC(C)(C)C(=O)N1CCC(C(=O)Nc2nc3ccccc3s2)CC1. The molecule has 128 valence electrons. The topological polar surface area (TPSA) is 62.3 Å². The summed E-state index contributed by atoms with van der Waals surface area (Å²) in [5, 5.41) is 3.59. The first kappa shape index (κ1) is 16.9. The Morgan fingerprint density at radius 1 is 1.21 bits per heavy atom. The van der Waals surface area contributed by atoms with Crippen LogP contribution in [-0.2, 0) is 9.59 Å². The first-order valence-corrected chi connectivity index (χ1v) is 9.12. The highest BCUT2D eigenvalue weighted by atomic mass is 32.1. The molecule has 1 aromatic carbocycles. The van der Waals surface area contributed by atoms with Crippen molar-refractivity contribution in [2.75, 3.05) is 18.4 Å². The van der Waals surface area contributed by atoms with Crippen LogP contribution in [0.4, 0.5) is 5.13 Å². The highest BCUT2D eigenvalue weighted by Crippen LogP contribution is 2.28. The molecule has 24 heavy (non-hydrogen) atoms. The second-order valence-corrected chi connectivity index (χ2v) is 8.32. The number of anilines is 1. The second kappa shape index (κ2) is 6.51. The van der Waals surface area contributed by atoms with Crippen LogP contribution in [0.15, 0.2) is 24.3 Å². The van der Waals surface area contributed by atoms with E-state index < -0.39 is 0 Å². The van der Waals surface area contributed by atoms with E-state index in [-0.39, 0.29) is 23.1 Å². The predicted molar refractivity (Wildman–Crippen MR) is 97.0 cm³/mol. The zero-order valence-electron chi connectivity index (χ0n) is 14.3. The Morgan fingerprint density at radius 3 is 2.50 bits per heavy atom. The van der Waals surface area contributed by atoms with E-state index in [0.29, 0.717) is 31.1 Å². The molecule has 1 fully saturated rings. The lowest BCUT2D eigenvalue weighted by molar-refractivity contribution is -0.142. The first-order chi connectivity index (χ1) is 11.3. The van der Waals surface area contributed by atoms with Crippen LogP contribution in [0, 0.1) is 11.3 Å². The Kier molecular flexibility index (Phi) is 4.58. The minimum atomic E-state index is -0.365. The number of likely N-dealkylation sites (tertiary alicyclic amines) is 1. The molecule has 2 amide bonds. The fourth-order valence-corrected chi connectivity index (χ4v) is 3.82. The third-order valence-electron chi connectivity index (χ3n) is 4.32. The quantitative estimate of drug-likeness (QED) is 0.906. The summed E-state index contributed by atoms with van der Waals surface area (Å²) in [5.74, 6) is 0.116. The van der Waals surface area contributed by atoms with Crippen molar-refractivity contribution >= 4 is 38.5 Å². The number of thiazole rings is 1. The minimum absolute atomic E-state index is 0.0110. The van der Waals surface area contributed by atoms with Crippen molar-refractivity contribution in [3.63, 3.8) is 0 Å². The van der Waals surface area contributed by atoms with Gasteiger partial charge in [0.1, 0.15) is 0 Å². The molecule has 1 aliphatic rings. The summed E-state index contributed by atoms with van der Waals surface area (Å²) >= 11 is 1.49. The fraction of sp³-hybridized carbons (Fsp3) is 0.500. The van der Waals surface area contributed by atoms with Gasteiger partial charge >= 0.3 is 0 Å². The van der Waals surface area contributed by atoms with Crippen LogP contribution >= 0.6 is 11.3 Å². The van der Waals surface area contributed by atoms with Crippen molar-refractivity contribution in [2.24, 2.45) is 11.3 Å². The molecule has 1 aromatic heterocycles. The highest BCUT2D eigenvalue weighted by Gasteiger charge is 2.32. The van der Waals surface area contributed by atoms with Gasteiger partial charge in [-0.25, -0.2) is 4.98 Å². The first-order valence-electron chi connectivity index (χ1n) is 8.30. The van der Waals surface area contributed by atoms with Gasteiger partial charge in [0.25, 0.3) is 0 Å². The molecule has 6 heteroatoms. The summed E-state index contributed by atoms with van der Waals surface area (Å²) in [5.41, 5.74) is 0.541. The fourth-order valence-electron chi connectivity index (χ4n) is 2.95. The number of hydrogen-bond donors (Lipinski definition) is 1. The average molecular weight is 345 g/mol. The summed E-state index contributed by atoms with van der Waals surface area (Å²) in [7, 11) is 0. The Morgan fingerprint density at radius 2 is 1.88 bits per heavy atom. The number of nitrogens with zero attached hydrogens (tertiary/aromatic N) is 2. The number of amides is 2. The molecule has 0 spiro atoms. The molecule has 0 bridgehead atoms. The normalized spacial score (nSPS) is 16.4. The number of piperidine rings is 1. The van der Waals surface area contributed by atoms with Gasteiger partial charge in [0.2, 0.25) is 11.8 Å². The van der Waals surface area contributed by atoms with Crippen molar-refractivity contribution in [1.82, 2.24) is 9.88 Å². The van der Waals surface area contributed by atoms with Crippen LogP contribution in [0.1, 0.15) is 33.6 Å². The summed E-state index contributed by atoms with van der Waals surface area (Å²) in [6.45, 7) is 7.09. The maximum atomic E-state index is 12.5. The molecule has 0 unspecified atom stereocenters. The standard InChI is InChI=1S/C18H23N3O2S/c1-18(2,3)16(23)21-10-8-12(9-11-21)15(22)20-17-19-13-6-4-5-7-14(13)24-17/h4-7,12H,8-11H2,1-3H3,(H,19,20,22). The van der Waals surface area contributed by atoms with Crippen molar-refractivity contribution < 1.29 is 9.59 Å². The van der Waals surface area contributed by atoms with Crippen LogP contribution < -0.4 is 5.32 Å².